The van der Waals surface area contributed by atoms with Gasteiger partial charge in [-0.3, -0.25) is 4.90 Å². The van der Waals surface area contributed by atoms with Crippen molar-refractivity contribution in [2.45, 2.75) is 76.9 Å². The maximum absolute atomic E-state index is 6.27. The van der Waals surface area contributed by atoms with Crippen molar-refractivity contribution < 1.29 is 0 Å². The van der Waals surface area contributed by atoms with E-state index < -0.39 is 0 Å². The minimum absolute atomic E-state index is 0.400. The normalized spacial score (nSPS) is 30.2. The van der Waals surface area contributed by atoms with E-state index in [1.54, 1.807) is 0 Å². The molecule has 0 aromatic rings. The lowest BCUT2D eigenvalue weighted by molar-refractivity contribution is 0.145. The lowest BCUT2D eigenvalue weighted by Crippen LogP contribution is -2.48. The van der Waals surface area contributed by atoms with Crippen LogP contribution in [0.4, 0.5) is 0 Å². The molecule has 0 aromatic heterocycles. The SMILES string of the molecule is CCCC(C)N(C)C1CCCCCC1N. The standard InChI is InChI=1S/C13H28N2/c1-4-8-11(2)15(3)13-10-7-5-6-9-12(13)14/h11-13H,4-10,14H2,1-3H3. The van der Waals surface area contributed by atoms with Gasteiger partial charge in [-0.1, -0.05) is 32.6 Å². The zero-order valence-electron chi connectivity index (χ0n) is 10.7. The molecule has 2 nitrogen and oxygen atoms in total. The fourth-order valence-electron chi connectivity index (χ4n) is 2.77. The molecule has 1 rings (SSSR count). The van der Waals surface area contributed by atoms with E-state index in [0.717, 1.165) is 0 Å². The fourth-order valence-corrected chi connectivity index (χ4v) is 2.77. The topological polar surface area (TPSA) is 29.3 Å². The first-order valence-corrected chi connectivity index (χ1v) is 6.64. The lowest BCUT2D eigenvalue weighted by atomic mass is 10.00. The maximum atomic E-state index is 6.27. The molecule has 1 fully saturated rings. The summed E-state index contributed by atoms with van der Waals surface area (Å²) < 4.78 is 0. The third-order valence-electron chi connectivity index (χ3n) is 3.96. The van der Waals surface area contributed by atoms with Gasteiger partial charge < -0.3 is 5.73 Å². The van der Waals surface area contributed by atoms with E-state index in [1.165, 1.54) is 44.9 Å². The Bertz CT molecular complexity index is 170. The Balaban J connectivity index is 2.50. The molecule has 15 heavy (non-hydrogen) atoms. The summed E-state index contributed by atoms with van der Waals surface area (Å²) in [5, 5.41) is 0. The second kappa shape index (κ2) is 6.49. The van der Waals surface area contributed by atoms with E-state index in [9.17, 15) is 0 Å². The molecule has 0 amide bonds. The molecule has 1 aliphatic carbocycles. The summed E-state index contributed by atoms with van der Waals surface area (Å²) in [5.41, 5.74) is 6.27. The third kappa shape index (κ3) is 3.76. The number of hydrogen-bond acceptors (Lipinski definition) is 2. The predicted octanol–water partition coefficient (Wildman–Crippen LogP) is 2.77. The van der Waals surface area contributed by atoms with Crippen LogP contribution in [0, 0.1) is 0 Å². The molecule has 0 heterocycles. The number of nitrogens with zero attached hydrogens (tertiary/aromatic N) is 1. The molecule has 2 heteroatoms. The van der Waals surface area contributed by atoms with Gasteiger partial charge in [0.2, 0.25) is 0 Å². The third-order valence-corrected chi connectivity index (χ3v) is 3.96. The predicted molar refractivity (Wildman–Crippen MR) is 67.0 cm³/mol. The van der Waals surface area contributed by atoms with Gasteiger partial charge in [-0.15, -0.1) is 0 Å². The Labute approximate surface area is 95.2 Å². The Morgan fingerprint density at radius 2 is 1.93 bits per heavy atom. The van der Waals surface area contributed by atoms with Crippen molar-refractivity contribution in [3.8, 4) is 0 Å². The van der Waals surface area contributed by atoms with Crippen molar-refractivity contribution in [1.82, 2.24) is 4.90 Å². The van der Waals surface area contributed by atoms with Crippen LogP contribution in [0.5, 0.6) is 0 Å². The molecular weight excluding hydrogens is 184 g/mol. The highest BCUT2D eigenvalue weighted by molar-refractivity contribution is 4.85. The van der Waals surface area contributed by atoms with Crippen molar-refractivity contribution in [1.29, 1.82) is 0 Å². The number of hydrogen-bond donors (Lipinski definition) is 1. The van der Waals surface area contributed by atoms with E-state index in [4.69, 9.17) is 5.73 Å². The fraction of sp³-hybridized carbons (Fsp3) is 1.00. The average molecular weight is 212 g/mol. The Hall–Kier alpha value is -0.0800. The molecule has 1 aliphatic rings. The van der Waals surface area contributed by atoms with Gasteiger partial charge in [0.1, 0.15) is 0 Å². The lowest BCUT2D eigenvalue weighted by Gasteiger charge is -2.36. The van der Waals surface area contributed by atoms with Gasteiger partial charge >= 0.3 is 0 Å². The molecule has 0 aromatic carbocycles. The van der Waals surface area contributed by atoms with Gasteiger partial charge in [0.15, 0.2) is 0 Å². The highest BCUT2D eigenvalue weighted by atomic mass is 15.2. The van der Waals surface area contributed by atoms with Crippen LogP contribution < -0.4 is 5.73 Å². The minimum Gasteiger partial charge on any atom is -0.326 e. The van der Waals surface area contributed by atoms with E-state index in [2.05, 4.69) is 25.8 Å². The van der Waals surface area contributed by atoms with Crippen molar-refractivity contribution in [3.63, 3.8) is 0 Å². The van der Waals surface area contributed by atoms with Crippen LogP contribution in [-0.2, 0) is 0 Å². The number of likely N-dealkylation sites (N-methyl/N-ethyl adjacent to an activating group) is 1. The molecule has 2 N–H and O–H groups in total. The quantitative estimate of drug-likeness (QED) is 0.726. The zero-order chi connectivity index (χ0) is 11.3. The molecule has 3 unspecified atom stereocenters. The summed E-state index contributed by atoms with van der Waals surface area (Å²) in [5.74, 6) is 0. The molecule has 0 aliphatic heterocycles. The van der Waals surface area contributed by atoms with Crippen molar-refractivity contribution in [2.24, 2.45) is 5.73 Å². The van der Waals surface area contributed by atoms with E-state index >= 15 is 0 Å². The molecule has 0 bridgehead atoms. The largest absolute Gasteiger partial charge is 0.326 e. The average Bonchev–Trinajstić information content (AvgIpc) is 2.42. The van der Waals surface area contributed by atoms with Crippen LogP contribution in [0.3, 0.4) is 0 Å². The van der Waals surface area contributed by atoms with Crippen molar-refractivity contribution in [3.05, 3.63) is 0 Å². The molecule has 90 valence electrons. The second-order valence-electron chi connectivity index (χ2n) is 5.17. The molecule has 0 spiro atoms. The van der Waals surface area contributed by atoms with Gasteiger partial charge in [-0.25, -0.2) is 0 Å². The van der Waals surface area contributed by atoms with E-state index in [1.807, 2.05) is 0 Å². The van der Waals surface area contributed by atoms with Crippen LogP contribution in [-0.4, -0.2) is 30.1 Å². The van der Waals surface area contributed by atoms with Gasteiger partial charge in [-0.2, -0.15) is 0 Å². The highest BCUT2D eigenvalue weighted by Gasteiger charge is 2.26. The summed E-state index contributed by atoms with van der Waals surface area (Å²) in [6.07, 6.45) is 9.14. The molecule has 0 saturated heterocycles. The van der Waals surface area contributed by atoms with Crippen molar-refractivity contribution in [2.75, 3.05) is 7.05 Å². The molecular formula is C13H28N2. The first-order chi connectivity index (χ1) is 7.16. The van der Waals surface area contributed by atoms with Gasteiger partial charge in [0, 0.05) is 18.1 Å². The molecule has 1 saturated carbocycles. The van der Waals surface area contributed by atoms with Crippen LogP contribution in [0.25, 0.3) is 0 Å². The van der Waals surface area contributed by atoms with Crippen LogP contribution >= 0.6 is 0 Å². The number of rotatable bonds is 4. The Morgan fingerprint density at radius 1 is 1.27 bits per heavy atom. The van der Waals surface area contributed by atoms with Gasteiger partial charge in [0.25, 0.3) is 0 Å². The van der Waals surface area contributed by atoms with E-state index in [0.29, 0.717) is 18.1 Å². The first kappa shape index (κ1) is 13.0. The molecule has 0 radical (unpaired) electrons. The van der Waals surface area contributed by atoms with Gasteiger partial charge in [-0.05, 0) is 33.2 Å². The van der Waals surface area contributed by atoms with Crippen LogP contribution in [0.15, 0.2) is 0 Å². The smallest absolute Gasteiger partial charge is 0.0246 e. The summed E-state index contributed by atoms with van der Waals surface area (Å²) in [4.78, 5) is 2.53. The number of nitrogens with two attached hydrogens (primary N) is 1. The minimum atomic E-state index is 0.400. The van der Waals surface area contributed by atoms with Crippen LogP contribution in [0.1, 0.15) is 58.8 Å². The second-order valence-corrected chi connectivity index (χ2v) is 5.17. The Kier molecular flexibility index (Phi) is 5.62. The summed E-state index contributed by atoms with van der Waals surface area (Å²) in [6, 6.07) is 1.70. The summed E-state index contributed by atoms with van der Waals surface area (Å²) in [6.45, 7) is 4.60. The summed E-state index contributed by atoms with van der Waals surface area (Å²) in [7, 11) is 2.26. The Morgan fingerprint density at radius 3 is 2.60 bits per heavy atom. The van der Waals surface area contributed by atoms with Crippen molar-refractivity contribution >= 4 is 0 Å². The zero-order valence-corrected chi connectivity index (χ0v) is 10.7. The van der Waals surface area contributed by atoms with Gasteiger partial charge in [0.05, 0.1) is 0 Å². The molecule has 3 atom stereocenters. The van der Waals surface area contributed by atoms with Crippen LogP contribution in [0.2, 0.25) is 0 Å². The monoisotopic (exact) mass is 212 g/mol. The summed E-state index contributed by atoms with van der Waals surface area (Å²) >= 11 is 0. The highest BCUT2D eigenvalue weighted by Crippen LogP contribution is 2.22. The van der Waals surface area contributed by atoms with E-state index in [-0.39, 0.29) is 0 Å². The first-order valence-electron chi connectivity index (χ1n) is 6.64. The maximum Gasteiger partial charge on any atom is 0.0246 e.